The minimum atomic E-state index is -0.800. The van der Waals surface area contributed by atoms with Crippen LogP contribution in [0, 0.1) is 11.7 Å². The van der Waals surface area contributed by atoms with Gasteiger partial charge in [0, 0.05) is 24.2 Å². The fourth-order valence-electron chi connectivity index (χ4n) is 4.57. The Bertz CT molecular complexity index is 1420. The van der Waals surface area contributed by atoms with E-state index in [1.54, 1.807) is 12.1 Å². The van der Waals surface area contributed by atoms with Crippen molar-refractivity contribution in [1.82, 2.24) is 4.98 Å². The second-order valence-corrected chi connectivity index (χ2v) is 8.68. The predicted octanol–water partition coefficient (Wildman–Crippen LogP) is 5.90. The first-order valence-electron chi connectivity index (χ1n) is 11.2. The van der Waals surface area contributed by atoms with Crippen molar-refractivity contribution in [1.29, 1.82) is 0 Å². The van der Waals surface area contributed by atoms with E-state index in [9.17, 15) is 14.3 Å². The van der Waals surface area contributed by atoms with Gasteiger partial charge in [-0.3, -0.25) is 4.79 Å². The lowest BCUT2D eigenvalue weighted by atomic mass is 9.97. The molecule has 2 heterocycles. The number of oxazole rings is 1. The Morgan fingerprint density at radius 2 is 1.65 bits per heavy atom. The number of rotatable bonds is 5. The van der Waals surface area contributed by atoms with Gasteiger partial charge in [0.2, 0.25) is 0 Å². The van der Waals surface area contributed by atoms with Gasteiger partial charge in [-0.1, -0.05) is 66.7 Å². The van der Waals surface area contributed by atoms with Crippen LogP contribution in [0.1, 0.15) is 11.1 Å². The van der Waals surface area contributed by atoms with Crippen molar-refractivity contribution >= 4 is 18.1 Å². The standard InChI is InChI=1S/C28H21FN2O3/c29-22-13-11-18(12-14-22)17-7-9-20(10-8-17)25-26(24-6-2-4-19-3-1-5-23(19)24)34-28(30-25)31-15-21(16-31)27(32)33/h1-2,4-14,21H,3,15-16H2,(H,32,33). The lowest BCUT2D eigenvalue weighted by Gasteiger charge is -2.35. The molecule has 1 saturated heterocycles. The molecule has 3 aromatic carbocycles. The van der Waals surface area contributed by atoms with Gasteiger partial charge < -0.3 is 14.4 Å². The highest BCUT2D eigenvalue weighted by Crippen LogP contribution is 2.41. The van der Waals surface area contributed by atoms with Gasteiger partial charge in [0.25, 0.3) is 6.01 Å². The highest BCUT2D eigenvalue weighted by Gasteiger charge is 2.36. The van der Waals surface area contributed by atoms with E-state index in [-0.39, 0.29) is 5.82 Å². The number of benzene rings is 3. The number of aromatic nitrogens is 1. The monoisotopic (exact) mass is 452 g/mol. The summed E-state index contributed by atoms with van der Waals surface area (Å²) < 4.78 is 19.6. The van der Waals surface area contributed by atoms with Crippen molar-refractivity contribution in [2.75, 3.05) is 18.0 Å². The molecule has 5 nitrogen and oxygen atoms in total. The number of aliphatic carboxylic acids is 1. The second-order valence-electron chi connectivity index (χ2n) is 8.68. The van der Waals surface area contributed by atoms with Crippen LogP contribution in [-0.4, -0.2) is 29.1 Å². The first-order chi connectivity index (χ1) is 16.6. The van der Waals surface area contributed by atoms with E-state index < -0.39 is 11.9 Å². The molecule has 1 aliphatic carbocycles. The fourth-order valence-corrected chi connectivity index (χ4v) is 4.57. The zero-order valence-corrected chi connectivity index (χ0v) is 18.2. The summed E-state index contributed by atoms with van der Waals surface area (Å²) in [5.74, 6) is -0.796. The number of allylic oxidation sites excluding steroid dienone is 1. The summed E-state index contributed by atoms with van der Waals surface area (Å²) in [7, 11) is 0. The van der Waals surface area contributed by atoms with Crippen molar-refractivity contribution in [3.63, 3.8) is 0 Å². The van der Waals surface area contributed by atoms with E-state index in [2.05, 4.69) is 18.2 Å². The zero-order valence-electron chi connectivity index (χ0n) is 18.2. The molecular weight excluding hydrogens is 431 g/mol. The quantitative estimate of drug-likeness (QED) is 0.408. The third-order valence-electron chi connectivity index (χ3n) is 6.52. The first kappa shape index (κ1) is 20.4. The molecular formula is C28H21FN2O3. The average molecular weight is 452 g/mol. The molecule has 168 valence electrons. The van der Waals surface area contributed by atoms with Crippen LogP contribution >= 0.6 is 0 Å². The number of anilines is 1. The molecule has 0 atom stereocenters. The summed E-state index contributed by atoms with van der Waals surface area (Å²) in [6.07, 6.45) is 5.13. The predicted molar refractivity (Wildman–Crippen MR) is 129 cm³/mol. The summed E-state index contributed by atoms with van der Waals surface area (Å²) in [4.78, 5) is 17.9. The van der Waals surface area contributed by atoms with Gasteiger partial charge in [0.1, 0.15) is 11.5 Å². The van der Waals surface area contributed by atoms with Crippen molar-refractivity contribution in [2.24, 2.45) is 5.92 Å². The van der Waals surface area contributed by atoms with Crippen LogP contribution in [0.15, 0.2) is 77.2 Å². The Kier molecular flexibility index (Phi) is 4.80. The van der Waals surface area contributed by atoms with E-state index in [1.165, 1.54) is 17.7 Å². The van der Waals surface area contributed by atoms with Crippen LogP contribution in [0.25, 0.3) is 39.8 Å². The van der Waals surface area contributed by atoms with Gasteiger partial charge in [-0.15, -0.1) is 0 Å². The average Bonchev–Trinajstić information content (AvgIpc) is 3.46. The maximum atomic E-state index is 13.3. The minimum Gasteiger partial charge on any atom is -0.481 e. The van der Waals surface area contributed by atoms with Gasteiger partial charge in [-0.25, -0.2) is 4.39 Å². The highest BCUT2D eigenvalue weighted by atomic mass is 19.1. The Morgan fingerprint density at radius 3 is 2.35 bits per heavy atom. The van der Waals surface area contributed by atoms with Crippen LogP contribution < -0.4 is 4.90 Å². The molecule has 34 heavy (non-hydrogen) atoms. The molecule has 6 rings (SSSR count). The van der Waals surface area contributed by atoms with Gasteiger partial charge in [0.05, 0.1) is 5.92 Å². The van der Waals surface area contributed by atoms with E-state index in [1.807, 2.05) is 41.3 Å². The van der Waals surface area contributed by atoms with Crippen molar-refractivity contribution in [3.05, 3.63) is 89.8 Å². The van der Waals surface area contributed by atoms with Gasteiger partial charge in [-0.2, -0.15) is 4.98 Å². The smallest absolute Gasteiger partial charge is 0.310 e. The highest BCUT2D eigenvalue weighted by molar-refractivity contribution is 5.86. The molecule has 1 aromatic heterocycles. The molecule has 0 saturated carbocycles. The number of carboxylic acid groups (broad SMARTS) is 1. The maximum Gasteiger partial charge on any atom is 0.310 e. The normalized spacial score (nSPS) is 14.8. The number of fused-ring (bicyclic) bond motifs is 1. The summed E-state index contributed by atoms with van der Waals surface area (Å²) in [6.45, 7) is 0.760. The number of halogens is 1. The number of hydrogen-bond acceptors (Lipinski definition) is 4. The Morgan fingerprint density at radius 1 is 0.971 bits per heavy atom. The van der Waals surface area contributed by atoms with Crippen LogP contribution in [0.4, 0.5) is 10.4 Å². The number of hydrogen-bond donors (Lipinski definition) is 1. The Hall–Kier alpha value is -4.19. The van der Waals surface area contributed by atoms with Crippen LogP contribution in [0.3, 0.4) is 0 Å². The largest absolute Gasteiger partial charge is 0.481 e. The molecule has 1 aliphatic heterocycles. The molecule has 0 amide bonds. The maximum absolute atomic E-state index is 13.3. The third kappa shape index (κ3) is 3.48. The Balaban J connectivity index is 1.41. The summed E-state index contributed by atoms with van der Waals surface area (Å²) >= 11 is 0. The second kappa shape index (κ2) is 7.99. The Labute approximate surface area is 195 Å². The number of nitrogens with zero attached hydrogens (tertiary/aromatic N) is 2. The molecule has 6 heteroatoms. The number of carbonyl (C=O) groups is 1. The SMILES string of the molecule is O=C(O)C1CN(c2nc(-c3ccc(-c4ccc(F)cc4)cc3)c(-c3cccc4c3C=CC4)o2)C1. The zero-order chi connectivity index (χ0) is 23.2. The summed E-state index contributed by atoms with van der Waals surface area (Å²) in [6, 6.07) is 21.0. The van der Waals surface area contributed by atoms with Gasteiger partial charge in [-0.05, 0) is 40.8 Å². The molecule has 0 bridgehead atoms. The molecule has 0 spiro atoms. The van der Waals surface area contributed by atoms with Crippen molar-refractivity contribution in [3.8, 4) is 33.7 Å². The van der Waals surface area contributed by atoms with E-state index >= 15 is 0 Å². The van der Waals surface area contributed by atoms with E-state index in [0.29, 0.717) is 30.6 Å². The van der Waals surface area contributed by atoms with Crippen LogP contribution in [-0.2, 0) is 11.2 Å². The van der Waals surface area contributed by atoms with Gasteiger partial charge >= 0.3 is 5.97 Å². The van der Waals surface area contributed by atoms with Crippen LogP contribution in [0.5, 0.6) is 0 Å². The van der Waals surface area contributed by atoms with Crippen molar-refractivity contribution < 1.29 is 18.7 Å². The minimum absolute atomic E-state index is 0.263. The molecule has 0 unspecified atom stereocenters. The number of carboxylic acids is 1. The lowest BCUT2D eigenvalue weighted by molar-refractivity contribution is -0.142. The first-order valence-corrected chi connectivity index (χ1v) is 11.2. The molecule has 2 aliphatic rings. The summed E-state index contributed by atoms with van der Waals surface area (Å²) in [5, 5.41) is 9.25. The van der Waals surface area contributed by atoms with Gasteiger partial charge in [0.15, 0.2) is 5.76 Å². The van der Waals surface area contributed by atoms with Crippen molar-refractivity contribution in [2.45, 2.75) is 6.42 Å². The third-order valence-corrected chi connectivity index (χ3v) is 6.52. The molecule has 1 fully saturated rings. The van der Waals surface area contributed by atoms with E-state index in [0.717, 1.165) is 34.2 Å². The summed E-state index contributed by atoms with van der Waals surface area (Å²) in [5.41, 5.74) is 6.85. The van der Waals surface area contributed by atoms with E-state index in [4.69, 9.17) is 9.40 Å². The molecule has 1 N–H and O–H groups in total. The molecule has 0 radical (unpaired) electrons. The van der Waals surface area contributed by atoms with Crippen LogP contribution in [0.2, 0.25) is 0 Å². The molecule has 4 aromatic rings. The lowest BCUT2D eigenvalue weighted by Crippen LogP contribution is -2.50. The fraction of sp³-hybridized carbons (Fsp3) is 0.143. The topological polar surface area (TPSA) is 66.6 Å².